The first-order valence-corrected chi connectivity index (χ1v) is 7.85. The number of nitrogens with zero attached hydrogens (tertiary/aromatic N) is 1. The van der Waals surface area contributed by atoms with E-state index < -0.39 is 0 Å². The van der Waals surface area contributed by atoms with Crippen LogP contribution in [-0.2, 0) is 0 Å². The van der Waals surface area contributed by atoms with E-state index in [0.717, 1.165) is 22.4 Å². The van der Waals surface area contributed by atoms with E-state index in [1.807, 2.05) is 44.3 Å². The smallest absolute Gasteiger partial charge is 0.130 e. The SMILES string of the molecule is CC(C)Oc1ccc2nccc(OC(C)C3CCC3)c2c1. The fourth-order valence-corrected chi connectivity index (χ4v) is 2.75. The number of hydrogen-bond donors (Lipinski definition) is 0. The first kappa shape index (κ1) is 14.2. The molecule has 1 aromatic heterocycles. The van der Waals surface area contributed by atoms with Crippen LogP contribution in [0.15, 0.2) is 30.5 Å². The Bertz CT molecular complexity index is 620. The maximum absolute atomic E-state index is 6.20. The third-order valence-corrected chi connectivity index (χ3v) is 4.17. The minimum absolute atomic E-state index is 0.164. The first-order chi connectivity index (χ1) is 10.1. The van der Waals surface area contributed by atoms with Crippen LogP contribution in [0.1, 0.15) is 40.0 Å². The molecule has 1 aliphatic carbocycles. The predicted molar refractivity (Wildman–Crippen MR) is 84.9 cm³/mol. The summed E-state index contributed by atoms with van der Waals surface area (Å²) in [4.78, 5) is 4.41. The lowest BCUT2D eigenvalue weighted by molar-refractivity contribution is 0.100. The predicted octanol–water partition coefficient (Wildman–Crippen LogP) is 4.59. The van der Waals surface area contributed by atoms with Crippen LogP contribution in [0.3, 0.4) is 0 Å². The summed E-state index contributed by atoms with van der Waals surface area (Å²) in [6, 6.07) is 7.95. The van der Waals surface area contributed by atoms with Crippen LogP contribution in [0.4, 0.5) is 0 Å². The summed E-state index contributed by atoms with van der Waals surface area (Å²) in [5, 5.41) is 1.03. The molecular weight excluding hydrogens is 262 g/mol. The zero-order valence-electron chi connectivity index (χ0n) is 13.0. The monoisotopic (exact) mass is 285 g/mol. The lowest BCUT2D eigenvalue weighted by Crippen LogP contribution is -2.29. The van der Waals surface area contributed by atoms with Gasteiger partial charge in [-0.1, -0.05) is 6.42 Å². The van der Waals surface area contributed by atoms with Crippen molar-refractivity contribution in [1.82, 2.24) is 4.98 Å². The Hall–Kier alpha value is -1.77. The van der Waals surface area contributed by atoms with Gasteiger partial charge in [-0.3, -0.25) is 4.98 Å². The minimum atomic E-state index is 0.164. The highest BCUT2D eigenvalue weighted by Crippen LogP contribution is 2.34. The van der Waals surface area contributed by atoms with Gasteiger partial charge in [0.05, 0.1) is 17.7 Å². The van der Waals surface area contributed by atoms with E-state index in [9.17, 15) is 0 Å². The van der Waals surface area contributed by atoms with Gasteiger partial charge in [-0.05, 0) is 63.8 Å². The lowest BCUT2D eigenvalue weighted by Gasteiger charge is -2.31. The Kier molecular flexibility index (Phi) is 4.00. The van der Waals surface area contributed by atoms with Gasteiger partial charge in [0.1, 0.15) is 11.5 Å². The molecule has 0 N–H and O–H groups in total. The summed E-state index contributed by atoms with van der Waals surface area (Å²) >= 11 is 0. The molecule has 1 aliphatic rings. The van der Waals surface area contributed by atoms with E-state index in [0.29, 0.717) is 5.92 Å². The number of rotatable bonds is 5. The molecule has 1 fully saturated rings. The standard InChI is InChI=1S/C18H23NO2/c1-12(2)20-15-7-8-17-16(11-15)18(9-10-19-17)21-13(3)14-5-4-6-14/h7-14H,4-6H2,1-3H3. The number of pyridine rings is 1. The topological polar surface area (TPSA) is 31.4 Å². The number of hydrogen-bond acceptors (Lipinski definition) is 3. The Morgan fingerprint density at radius 1 is 1.10 bits per heavy atom. The molecular formula is C18H23NO2. The molecule has 3 rings (SSSR count). The fourth-order valence-electron chi connectivity index (χ4n) is 2.75. The number of ether oxygens (including phenoxy) is 2. The summed E-state index contributed by atoms with van der Waals surface area (Å²) in [5.74, 6) is 2.48. The van der Waals surface area contributed by atoms with Crippen molar-refractivity contribution in [3.8, 4) is 11.5 Å². The van der Waals surface area contributed by atoms with Crippen LogP contribution in [0.5, 0.6) is 11.5 Å². The first-order valence-electron chi connectivity index (χ1n) is 7.85. The summed E-state index contributed by atoms with van der Waals surface area (Å²) in [6.45, 7) is 6.23. The van der Waals surface area contributed by atoms with Gasteiger partial charge in [0, 0.05) is 11.6 Å². The molecule has 2 aromatic rings. The van der Waals surface area contributed by atoms with Crippen molar-refractivity contribution in [3.63, 3.8) is 0 Å². The van der Waals surface area contributed by atoms with Crippen LogP contribution in [0.2, 0.25) is 0 Å². The average Bonchev–Trinajstić information content (AvgIpc) is 2.36. The van der Waals surface area contributed by atoms with E-state index in [2.05, 4.69) is 11.9 Å². The van der Waals surface area contributed by atoms with E-state index in [4.69, 9.17) is 9.47 Å². The molecule has 1 unspecified atom stereocenters. The Morgan fingerprint density at radius 2 is 1.90 bits per heavy atom. The van der Waals surface area contributed by atoms with E-state index in [1.165, 1.54) is 19.3 Å². The second-order valence-electron chi connectivity index (χ2n) is 6.17. The second kappa shape index (κ2) is 5.92. The molecule has 0 bridgehead atoms. The molecule has 1 heterocycles. The van der Waals surface area contributed by atoms with E-state index in [-0.39, 0.29) is 12.2 Å². The van der Waals surface area contributed by atoms with Crippen LogP contribution >= 0.6 is 0 Å². The normalized spacial score (nSPS) is 16.8. The molecule has 0 amide bonds. The summed E-state index contributed by atoms with van der Waals surface area (Å²) in [7, 11) is 0. The van der Waals surface area contributed by atoms with Crippen molar-refractivity contribution in [3.05, 3.63) is 30.5 Å². The quantitative estimate of drug-likeness (QED) is 0.805. The van der Waals surface area contributed by atoms with Gasteiger partial charge in [0.15, 0.2) is 0 Å². The molecule has 1 atom stereocenters. The number of fused-ring (bicyclic) bond motifs is 1. The van der Waals surface area contributed by atoms with Gasteiger partial charge in [-0.15, -0.1) is 0 Å². The minimum Gasteiger partial charge on any atom is -0.491 e. The molecule has 0 saturated heterocycles. The van der Waals surface area contributed by atoms with Crippen molar-refractivity contribution >= 4 is 10.9 Å². The Balaban J connectivity index is 1.89. The second-order valence-corrected chi connectivity index (χ2v) is 6.17. The lowest BCUT2D eigenvalue weighted by atomic mass is 9.82. The maximum Gasteiger partial charge on any atom is 0.130 e. The van der Waals surface area contributed by atoms with Crippen molar-refractivity contribution in [2.45, 2.75) is 52.2 Å². The van der Waals surface area contributed by atoms with E-state index >= 15 is 0 Å². The summed E-state index contributed by atoms with van der Waals surface area (Å²) in [5.41, 5.74) is 0.949. The van der Waals surface area contributed by atoms with Crippen molar-refractivity contribution < 1.29 is 9.47 Å². The van der Waals surface area contributed by atoms with Crippen LogP contribution in [0.25, 0.3) is 10.9 Å². The summed E-state index contributed by atoms with van der Waals surface area (Å²) in [6.07, 6.45) is 6.14. The molecule has 1 aromatic carbocycles. The third-order valence-electron chi connectivity index (χ3n) is 4.17. The van der Waals surface area contributed by atoms with Crippen LogP contribution in [-0.4, -0.2) is 17.2 Å². The highest BCUT2D eigenvalue weighted by molar-refractivity contribution is 5.86. The zero-order chi connectivity index (χ0) is 14.8. The van der Waals surface area contributed by atoms with Crippen molar-refractivity contribution in [2.24, 2.45) is 5.92 Å². The van der Waals surface area contributed by atoms with Gasteiger partial charge in [-0.25, -0.2) is 0 Å². The highest BCUT2D eigenvalue weighted by atomic mass is 16.5. The Morgan fingerprint density at radius 3 is 2.57 bits per heavy atom. The number of benzene rings is 1. The van der Waals surface area contributed by atoms with Crippen LogP contribution < -0.4 is 9.47 Å². The largest absolute Gasteiger partial charge is 0.491 e. The molecule has 0 spiro atoms. The van der Waals surface area contributed by atoms with Crippen molar-refractivity contribution in [1.29, 1.82) is 0 Å². The molecule has 0 aliphatic heterocycles. The number of aromatic nitrogens is 1. The Labute approximate surface area is 126 Å². The zero-order valence-corrected chi connectivity index (χ0v) is 13.0. The molecule has 21 heavy (non-hydrogen) atoms. The van der Waals surface area contributed by atoms with Crippen LogP contribution in [0, 0.1) is 5.92 Å². The van der Waals surface area contributed by atoms with Gasteiger partial charge in [0.25, 0.3) is 0 Å². The molecule has 1 saturated carbocycles. The van der Waals surface area contributed by atoms with Gasteiger partial charge >= 0.3 is 0 Å². The fraction of sp³-hybridized carbons (Fsp3) is 0.500. The summed E-state index contributed by atoms with van der Waals surface area (Å²) < 4.78 is 12.0. The maximum atomic E-state index is 6.20. The molecule has 0 radical (unpaired) electrons. The van der Waals surface area contributed by atoms with Gasteiger partial charge in [-0.2, -0.15) is 0 Å². The average molecular weight is 285 g/mol. The molecule has 3 nitrogen and oxygen atoms in total. The molecule has 112 valence electrons. The van der Waals surface area contributed by atoms with Gasteiger partial charge < -0.3 is 9.47 Å². The van der Waals surface area contributed by atoms with E-state index in [1.54, 1.807) is 0 Å². The third kappa shape index (κ3) is 3.12. The van der Waals surface area contributed by atoms with Gasteiger partial charge in [0.2, 0.25) is 0 Å². The molecule has 3 heteroatoms. The highest BCUT2D eigenvalue weighted by Gasteiger charge is 2.25. The van der Waals surface area contributed by atoms with Crippen molar-refractivity contribution in [2.75, 3.05) is 0 Å².